The van der Waals surface area contributed by atoms with Crippen LogP contribution in [0.15, 0.2) is 54.7 Å². The van der Waals surface area contributed by atoms with E-state index in [-0.39, 0.29) is 17.0 Å². The molecule has 0 atom stereocenters. The minimum absolute atomic E-state index is 0. The maximum Gasteiger partial charge on any atom is 0.262 e. The van der Waals surface area contributed by atoms with Crippen molar-refractivity contribution in [3.8, 4) is 16.9 Å². The van der Waals surface area contributed by atoms with Crippen molar-refractivity contribution in [2.75, 3.05) is 0 Å². The van der Waals surface area contributed by atoms with Crippen LogP contribution in [0.5, 0.6) is 0 Å². The van der Waals surface area contributed by atoms with Crippen molar-refractivity contribution < 1.29 is 21.5 Å². The summed E-state index contributed by atoms with van der Waals surface area (Å²) in [4.78, 5) is 0. The first-order valence-electron chi connectivity index (χ1n) is 9.25. The second-order valence-corrected chi connectivity index (χ2v) is 7.23. The number of benzene rings is 2. The van der Waals surface area contributed by atoms with Crippen molar-refractivity contribution in [2.45, 2.75) is 45.6 Å². The van der Waals surface area contributed by atoms with Gasteiger partial charge in [0.25, 0.3) is 5.82 Å². The minimum Gasteiger partial charge on any atom is -1.00 e. The molecule has 4 rings (SSSR count). The summed E-state index contributed by atoms with van der Waals surface area (Å²) in [6.45, 7) is 3.30. The number of aromatic nitrogens is 2. The zero-order chi connectivity index (χ0) is 17.2. The average molecular weight is 432 g/mol. The molecule has 0 spiro atoms. The summed E-state index contributed by atoms with van der Waals surface area (Å²) in [5, 5.41) is 0.782. The summed E-state index contributed by atoms with van der Waals surface area (Å²) in [6, 6.07) is 17.2. The molecule has 2 nitrogen and oxygen atoms in total. The zero-order valence-corrected chi connectivity index (χ0v) is 17.4. The highest BCUT2D eigenvalue weighted by Crippen LogP contribution is 2.24. The maximum absolute atomic E-state index is 6.08. The predicted molar refractivity (Wildman–Crippen MR) is 103 cm³/mol. The van der Waals surface area contributed by atoms with Crippen LogP contribution >= 0.6 is 11.6 Å². The molecule has 0 saturated carbocycles. The molecule has 1 aromatic heterocycles. The van der Waals surface area contributed by atoms with Gasteiger partial charge >= 0.3 is 0 Å². The monoisotopic (exact) mass is 430 g/mol. The lowest BCUT2D eigenvalue weighted by atomic mass is 10.1. The van der Waals surface area contributed by atoms with Gasteiger partial charge in [-0.05, 0) is 55.5 Å². The van der Waals surface area contributed by atoms with E-state index in [0.29, 0.717) is 0 Å². The molecular formula is C22H24BrClN2. The Hall–Kier alpha value is -1.58. The fourth-order valence-corrected chi connectivity index (χ4v) is 3.86. The molecule has 2 aromatic carbocycles. The molecule has 1 aliphatic rings. The first-order chi connectivity index (χ1) is 12.3. The summed E-state index contributed by atoms with van der Waals surface area (Å²) in [5.74, 6) is 1.40. The Labute approximate surface area is 171 Å². The fraction of sp³-hybridized carbons (Fsp3) is 0.318. The Kier molecular flexibility index (Phi) is 6.20. The molecule has 0 unspecified atom stereocenters. The summed E-state index contributed by atoms with van der Waals surface area (Å²) < 4.78 is 4.87. The third-order valence-electron chi connectivity index (χ3n) is 5.18. The third kappa shape index (κ3) is 3.74. The summed E-state index contributed by atoms with van der Waals surface area (Å²) in [7, 11) is 0. The fourth-order valence-electron chi connectivity index (χ4n) is 3.74. The Balaban J connectivity index is 0.00000196. The van der Waals surface area contributed by atoms with Crippen molar-refractivity contribution in [1.82, 2.24) is 4.57 Å². The van der Waals surface area contributed by atoms with Crippen molar-refractivity contribution in [3.05, 3.63) is 71.1 Å². The third-order valence-corrected chi connectivity index (χ3v) is 5.43. The topological polar surface area (TPSA) is 8.81 Å². The van der Waals surface area contributed by atoms with Crippen LogP contribution in [-0.4, -0.2) is 4.57 Å². The van der Waals surface area contributed by atoms with Crippen molar-refractivity contribution in [2.24, 2.45) is 0 Å². The number of hydrogen-bond acceptors (Lipinski definition) is 0. The van der Waals surface area contributed by atoms with E-state index in [1.165, 1.54) is 47.6 Å². The van der Waals surface area contributed by atoms with Gasteiger partial charge in [0.1, 0.15) is 11.9 Å². The molecule has 0 aliphatic carbocycles. The average Bonchev–Trinajstić information content (AvgIpc) is 2.84. The molecule has 0 saturated heterocycles. The van der Waals surface area contributed by atoms with Crippen LogP contribution in [0.3, 0.4) is 0 Å². The van der Waals surface area contributed by atoms with Gasteiger partial charge in [-0.3, -0.25) is 0 Å². The predicted octanol–water partition coefficient (Wildman–Crippen LogP) is 2.38. The molecule has 2 heterocycles. The number of hydrogen-bond donors (Lipinski definition) is 0. The molecule has 4 heteroatoms. The van der Waals surface area contributed by atoms with E-state index >= 15 is 0 Å². The zero-order valence-electron chi connectivity index (χ0n) is 15.1. The molecular weight excluding hydrogens is 408 g/mol. The smallest absolute Gasteiger partial charge is 0.262 e. The van der Waals surface area contributed by atoms with Crippen LogP contribution < -0.4 is 21.5 Å². The Morgan fingerprint density at radius 3 is 2.38 bits per heavy atom. The van der Waals surface area contributed by atoms with Crippen molar-refractivity contribution in [3.63, 3.8) is 0 Å². The first-order valence-corrected chi connectivity index (χ1v) is 9.63. The summed E-state index contributed by atoms with van der Waals surface area (Å²) >= 11 is 6.08. The van der Waals surface area contributed by atoms with Gasteiger partial charge in [0.2, 0.25) is 0 Å². The highest BCUT2D eigenvalue weighted by atomic mass is 79.9. The van der Waals surface area contributed by atoms with Gasteiger partial charge in [-0.2, -0.15) is 4.57 Å². The number of rotatable bonds is 3. The quantitative estimate of drug-likeness (QED) is 0.563. The normalized spacial score (nSPS) is 13.6. The van der Waals surface area contributed by atoms with E-state index in [4.69, 9.17) is 11.6 Å². The van der Waals surface area contributed by atoms with Crippen molar-refractivity contribution in [1.29, 1.82) is 0 Å². The molecule has 26 heavy (non-hydrogen) atoms. The van der Waals surface area contributed by atoms with Gasteiger partial charge in [-0.25, -0.2) is 4.57 Å². The molecule has 0 N–H and O–H groups in total. The lowest BCUT2D eigenvalue weighted by Crippen LogP contribution is -3.00. The van der Waals surface area contributed by atoms with E-state index in [9.17, 15) is 0 Å². The Morgan fingerprint density at radius 1 is 0.962 bits per heavy atom. The van der Waals surface area contributed by atoms with Crippen LogP contribution in [0.25, 0.3) is 16.9 Å². The molecule has 0 bridgehead atoms. The van der Waals surface area contributed by atoms with Crippen LogP contribution in [0.1, 0.15) is 37.6 Å². The van der Waals surface area contributed by atoms with Crippen LogP contribution in [0.4, 0.5) is 0 Å². The van der Waals surface area contributed by atoms with Gasteiger partial charge in [-0.1, -0.05) is 42.8 Å². The number of fused-ring (bicyclic) bond motifs is 1. The Morgan fingerprint density at radius 2 is 1.69 bits per heavy atom. The van der Waals surface area contributed by atoms with E-state index in [0.717, 1.165) is 24.4 Å². The summed E-state index contributed by atoms with van der Waals surface area (Å²) in [5.41, 5.74) is 5.19. The minimum atomic E-state index is 0. The first kappa shape index (κ1) is 19.2. The van der Waals surface area contributed by atoms with Crippen LogP contribution in [0, 0.1) is 0 Å². The van der Waals surface area contributed by atoms with E-state index < -0.39 is 0 Å². The number of nitrogens with zero attached hydrogens (tertiary/aromatic N) is 2. The second kappa shape index (κ2) is 8.41. The maximum atomic E-state index is 6.08. The largest absolute Gasteiger partial charge is 1.00 e. The van der Waals surface area contributed by atoms with Gasteiger partial charge in [-0.15, -0.1) is 0 Å². The molecule has 0 amide bonds. The van der Waals surface area contributed by atoms with Crippen molar-refractivity contribution >= 4 is 11.6 Å². The molecule has 0 radical (unpaired) electrons. The second-order valence-electron chi connectivity index (χ2n) is 6.79. The van der Waals surface area contributed by atoms with Crippen LogP contribution in [-0.2, 0) is 19.4 Å². The highest BCUT2D eigenvalue weighted by Gasteiger charge is 2.26. The SMILES string of the molecule is CCc1ccc(-c2cn(-c3ccc(Cl)cc3)c3[n+]2CCCCC3)cc1.[Br-]. The summed E-state index contributed by atoms with van der Waals surface area (Å²) in [6.07, 6.45) is 8.31. The van der Waals surface area contributed by atoms with Gasteiger partial charge in [0, 0.05) is 17.0 Å². The number of aryl methyl sites for hydroxylation is 1. The molecule has 3 aromatic rings. The number of imidazole rings is 1. The Bertz CT molecular complexity index is 866. The van der Waals surface area contributed by atoms with Gasteiger partial charge < -0.3 is 17.0 Å². The highest BCUT2D eigenvalue weighted by molar-refractivity contribution is 6.30. The number of halogens is 2. The van der Waals surface area contributed by atoms with Crippen LogP contribution in [0.2, 0.25) is 5.02 Å². The lowest BCUT2D eigenvalue weighted by Gasteiger charge is -2.03. The standard InChI is InChI=1S/C22H24ClN2.BrH/c1-2-17-7-9-18(10-8-17)21-16-25(20-13-11-19(23)12-14-20)22-6-4-3-5-15-24(21)22;/h7-14,16H,2-6,15H2,1H3;1H/q+1;/p-1. The van der Waals surface area contributed by atoms with E-state index in [2.05, 4.69) is 58.7 Å². The van der Waals surface area contributed by atoms with Gasteiger partial charge in [0.05, 0.1) is 6.54 Å². The molecule has 1 aliphatic heterocycles. The molecule has 0 fully saturated rings. The molecule has 136 valence electrons. The lowest BCUT2D eigenvalue weighted by molar-refractivity contribution is -0.692. The van der Waals surface area contributed by atoms with E-state index in [1.807, 2.05) is 12.1 Å². The van der Waals surface area contributed by atoms with E-state index in [1.54, 1.807) is 0 Å². The van der Waals surface area contributed by atoms with Gasteiger partial charge in [0.15, 0.2) is 5.69 Å².